The summed E-state index contributed by atoms with van der Waals surface area (Å²) in [5, 5.41) is 6.25. The molecule has 5 heteroatoms. The maximum atomic E-state index is 12.3. The maximum absolute atomic E-state index is 12.3. The molecule has 26 heavy (non-hydrogen) atoms. The molecule has 0 spiro atoms. The highest BCUT2D eigenvalue weighted by Gasteiger charge is 2.11. The average molecular weight is 348 g/mol. The number of hydrazone groups is 1. The van der Waals surface area contributed by atoms with Gasteiger partial charge in [-0.05, 0) is 44.0 Å². The van der Waals surface area contributed by atoms with Crippen molar-refractivity contribution in [1.82, 2.24) is 9.99 Å². The van der Waals surface area contributed by atoms with Crippen LogP contribution in [0.1, 0.15) is 22.3 Å². The molecule has 3 aromatic rings. The summed E-state index contributed by atoms with van der Waals surface area (Å²) in [5.74, 6) is 0.417. The second kappa shape index (κ2) is 7.44. The van der Waals surface area contributed by atoms with Gasteiger partial charge in [0, 0.05) is 22.7 Å². The van der Waals surface area contributed by atoms with Crippen molar-refractivity contribution >= 4 is 23.0 Å². The normalized spacial score (nSPS) is 11.2. The summed E-state index contributed by atoms with van der Waals surface area (Å²) in [4.78, 5) is 15.4. The molecule has 133 valence electrons. The fourth-order valence-corrected chi connectivity index (χ4v) is 3.02. The molecule has 2 aromatic carbocycles. The number of carbonyl (C=O) groups excluding carboxylic acids is 1. The van der Waals surface area contributed by atoms with E-state index in [1.807, 2.05) is 63.4 Å². The van der Waals surface area contributed by atoms with Crippen LogP contribution in [0.15, 0.2) is 47.7 Å². The number of aryl methyl sites for hydroxylation is 3. The van der Waals surface area contributed by atoms with Crippen LogP contribution in [0.25, 0.3) is 10.9 Å². The third-order valence-corrected chi connectivity index (χ3v) is 4.20. The third kappa shape index (κ3) is 3.77. The maximum Gasteiger partial charge on any atom is 0.280 e. The van der Waals surface area contributed by atoms with E-state index in [2.05, 4.69) is 17.1 Å². The molecule has 0 bridgehead atoms. The number of benzene rings is 2. The van der Waals surface area contributed by atoms with Crippen molar-refractivity contribution in [2.24, 2.45) is 5.10 Å². The molecule has 0 saturated carbocycles. The lowest BCUT2D eigenvalue weighted by Gasteiger charge is -2.15. The molecule has 0 unspecified atom stereocenters. The Bertz CT molecular complexity index is 949. The molecule has 5 nitrogen and oxygen atoms in total. The zero-order valence-electron chi connectivity index (χ0n) is 15.2. The number of amides is 1. The van der Waals surface area contributed by atoms with Crippen molar-refractivity contribution in [3.8, 4) is 5.75 Å². The van der Waals surface area contributed by atoms with Gasteiger partial charge in [-0.15, -0.1) is 0 Å². The molecule has 0 fully saturated rings. The molecule has 3 rings (SSSR count). The zero-order chi connectivity index (χ0) is 18.7. The number of H-pyrrole nitrogens is 1. The molecule has 1 radical (unpaired) electrons. The van der Waals surface area contributed by atoms with Gasteiger partial charge in [-0.2, -0.15) is 5.10 Å². The van der Waals surface area contributed by atoms with E-state index in [9.17, 15) is 4.79 Å². The molecule has 0 aliphatic carbocycles. The molecule has 0 saturated heterocycles. The number of fused-ring (bicyclic) bond motifs is 1. The van der Waals surface area contributed by atoms with E-state index in [1.165, 1.54) is 5.56 Å². The number of nitrogens with one attached hydrogen (secondary N) is 1. The van der Waals surface area contributed by atoms with E-state index >= 15 is 0 Å². The van der Waals surface area contributed by atoms with Gasteiger partial charge in [0.15, 0.2) is 6.61 Å². The molecule has 0 atom stereocenters. The summed E-state index contributed by atoms with van der Waals surface area (Å²) in [6.07, 6.45) is 3.50. The van der Waals surface area contributed by atoms with Gasteiger partial charge < -0.3 is 9.72 Å². The smallest absolute Gasteiger partial charge is 0.280 e. The second-order valence-corrected chi connectivity index (χ2v) is 6.34. The summed E-state index contributed by atoms with van der Waals surface area (Å²) in [5.41, 5.74) is 5.11. The topological polar surface area (TPSA) is 57.7 Å². The van der Waals surface area contributed by atoms with Crippen LogP contribution < -0.4 is 4.74 Å². The molecular formula is C21H22N3O2. The van der Waals surface area contributed by atoms with E-state index in [0.717, 1.165) is 38.4 Å². The minimum absolute atomic E-state index is 0.111. The van der Waals surface area contributed by atoms with Crippen molar-refractivity contribution in [2.75, 3.05) is 6.61 Å². The van der Waals surface area contributed by atoms with Gasteiger partial charge in [0.05, 0.1) is 13.3 Å². The Balaban J connectivity index is 1.66. The number of aromatic amines is 1. The first kappa shape index (κ1) is 17.7. The summed E-state index contributed by atoms with van der Waals surface area (Å²) >= 11 is 0. The van der Waals surface area contributed by atoms with Crippen LogP contribution in [0.3, 0.4) is 0 Å². The van der Waals surface area contributed by atoms with Crippen LogP contribution in [0.5, 0.6) is 5.75 Å². The molecular weight excluding hydrogens is 326 g/mol. The van der Waals surface area contributed by atoms with Gasteiger partial charge in [-0.25, -0.2) is 5.01 Å². The van der Waals surface area contributed by atoms with Crippen molar-refractivity contribution in [2.45, 2.75) is 20.8 Å². The van der Waals surface area contributed by atoms with Crippen molar-refractivity contribution in [3.63, 3.8) is 0 Å². The highest BCUT2D eigenvalue weighted by molar-refractivity contribution is 5.98. The Morgan fingerprint density at radius 1 is 1.23 bits per heavy atom. The highest BCUT2D eigenvalue weighted by Crippen LogP contribution is 2.24. The van der Waals surface area contributed by atoms with Gasteiger partial charge in [0.2, 0.25) is 0 Å². The van der Waals surface area contributed by atoms with Gasteiger partial charge in [-0.3, -0.25) is 4.79 Å². The summed E-state index contributed by atoms with van der Waals surface area (Å²) in [7, 11) is 3.69. The Hall–Kier alpha value is -3.08. The van der Waals surface area contributed by atoms with Gasteiger partial charge in [-0.1, -0.05) is 29.8 Å². The third-order valence-electron chi connectivity index (χ3n) is 4.20. The van der Waals surface area contributed by atoms with Gasteiger partial charge >= 0.3 is 0 Å². The van der Waals surface area contributed by atoms with Crippen LogP contribution in [0.2, 0.25) is 0 Å². The lowest BCUT2D eigenvalue weighted by molar-refractivity contribution is -0.131. The number of carbonyl (C=O) groups is 1. The summed E-state index contributed by atoms with van der Waals surface area (Å²) in [6.45, 7) is 5.86. The van der Waals surface area contributed by atoms with Crippen molar-refractivity contribution < 1.29 is 9.53 Å². The van der Waals surface area contributed by atoms with Crippen LogP contribution in [-0.2, 0) is 4.79 Å². The summed E-state index contributed by atoms with van der Waals surface area (Å²) in [6, 6.07) is 11.9. The van der Waals surface area contributed by atoms with Crippen LogP contribution in [0, 0.1) is 27.8 Å². The lowest BCUT2D eigenvalue weighted by atomic mass is 10.1. The SMILES string of the molecule is [CH2]N(/N=C/c1cccc2[nH]ccc12)C(=O)COc1c(C)cc(C)cc1C. The van der Waals surface area contributed by atoms with Crippen molar-refractivity contribution in [3.05, 3.63) is 71.9 Å². The highest BCUT2D eigenvalue weighted by atomic mass is 16.5. The minimum Gasteiger partial charge on any atom is -0.483 e. The fourth-order valence-electron chi connectivity index (χ4n) is 3.02. The number of hydrogen-bond acceptors (Lipinski definition) is 3. The lowest BCUT2D eigenvalue weighted by Crippen LogP contribution is -2.26. The largest absolute Gasteiger partial charge is 0.483 e. The first-order valence-corrected chi connectivity index (χ1v) is 8.40. The summed E-state index contributed by atoms with van der Waals surface area (Å²) < 4.78 is 5.71. The van der Waals surface area contributed by atoms with Gasteiger partial charge in [0.25, 0.3) is 5.91 Å². The predicted octanol–water partition coefficient (Wildman–Crippen LogP) is 4.13. The first-order valence-electron chi connectivity index (χ1n) is 8.40. The number of nitrogens with zero attached hydrogens (tertiary/aromatic N) is 2. The predicted molar refractivity (Wildman–Crippen MR) is 104 cm³/mol. The standard InChI is InChI=1S/C21H22N3O2/c1-14-10-15(2)21(16(3)11-14)26-13-20(25)24(4)23-12-17-6-5-7-19-18(17)8-9-22-19/h5-12,22H,4,13H2,1-3H3/b23-12+. The van der Waals surface area contributed by atoms with E-state index in [4.69, 9.17) is 4.74 Å². The van der Waals surface area contributed by atoms with Crippen LogP contribution >= 0.6 is 0 Å². The van der Waals surface area contributed by atoms with Gasteiger partial charge in [0.1, 0.15) is 5.75 Å². The first-order chi connectivity index (χ1) is 12.5. The number of rotatable bonds is 5. The monoisotopic (exact) mass is 348 g/mol. The molecule has 1 aromatic heterocycles. The molecule has 1 amide bonds. The quantitative estimate of drug-likeness (QED) is 0.557. The second-order valence-electron chi connectivity index (χ2n) is 6.34. The Morgan fingerprint density at radius 3 is 2.69 bits per heavy atom. The number of aromatic nitrogens is 1. The Labute approximate surface area is 153 Å². The Kier molecular flexibility index (Phi) is 5.07. The molecule has 0 aliphatic heterocycles. The minimum atomic E-state index is -0.318. The van der Waals surface area contributed by atoms with Crippen LogP contribution in [-0.4, -0.2) is 28.7 Å². The average Bonchev–Trinajstić information content (AvgIpc) is 3.07. The van der Waals surface area contributed by atoms with Crippen molar-refractivity contribution in [1.29, 1.82) is 0 Å². The fraction of sp³-hybridized carbons (Fsp3) is 0.190. The zero-order valence-corrected chi connectivity index (χ0v) is 15.2. The number of hydrogen-bond donors (Lipinski definition) is 1. The van der Waals surface area contributed by atoms with Crippen LogP contribution in [0.4, 0.5) is 0 Å². The molecule has 0 aliphatic rings. The molecule has 1 N–H and O–H groups in total. The molecule has 1 heterocycles. The Morgan fingerprint density at radius 2 is 1.96 bits per heavy atom. The number of ether oxygens (including phenoxy) is 1. The van der Waals surface area contributed by atoms with E-state index in [0.29, 0.717) is 0 Å². The van der Waals surface area contributed by atoms with E-state index in [-0.39, 0.29) is 12.5 Å². The van der Waals surface area contributed by atoms with E-state index in [1.54, 1.807) is 6.21 Å². The van der Waals surface area contributed by atoms with E-state index < -0.39 is 0 Å².